The number of hydrogen-bond acceptors (Lipinski definition) is 5. The minimum Gasteiger partial charge on any atom is -0.464 e. The van der Waals surface area contributed by atoms with Crippen LogP contribution in [0.25, 0.3) is 11.0 Å². The van der Waals surface area contributed by atoms with E-state index in [1.807, 2.05) is 25.1 Å². The van der Waals surface area contributed by atoms with Crippen molar-refractivity contribution in [1.82, 2.24) is 0 Å². The molecule has 1 amide bonds. The summed E-state index contributed by atoms with van der Waals surface area (Å²) in [7, 11) is 0. The predicted octanol–water partition coefficient (Wildman–Crippen LogP) is 4.65. The molecular formula is C21H21NO4S. The Hall–Kier alpha value is -2.60. The van der Waals surface area contributed by atoms with Gasteiger partial charge in [-0.1, -0.05) is 11.6 Å². The molecule has 0 fully saturated rings. The van der Waals surface area contributed by atoms with Crippen LogP contribution in [0.5, 0.6) is 0 Å². The Morgan fingerprint density at radius 3 is 2.96 bits per heavy atom. The van der Waals surface area contributed by atoms with Crippen LogP contribution in [0.2, 0.25) is 0 Å². The molecule has 27 heavy (non-hydrogen) atoms. The molecule has 0 bridgehead atoms. The maximum absolute atomic E-state index is 12.7. The highest BCUT2D eigenvalue weighted by Crippen LogP contribution is 2.39. The Balaban J connectivity index is 1.58. The summed E-state index contributed by atoms with van der Waals surface area (Å²) in [6.45, 7) is 4.11. The van der Waals surface area contributed by atoms with Gasteiger partial charge in [0.15, 0.2) is 0 Å². The number of aryl methyl sites for hydroxylation is 2. The van der Waals surface area contributed by atoms with Crippen molar-refractivity contribution in [3.63, 3.8) is 0 Å². The number of amides is 1. The number of ether oxygens (including phenoxy) is 1. The third-order valence-electron chi connectivity index (χ3n) is 4.81. The molecule has 3 aromatic rings. The molecule has 4 rings (SSSR count). The van der Waals surface area contributed by atoms with Gasteiger partial charge in [0.1, 0.15) is 10.6 Å². The van der Waals surface area contributed by atoms with Gasteiger partial charge in [-0.2, -0.15) is 0 Å². The number of benzene rings is 1. The van der Waals surface area contributed by atoms with E-state index in [1.54, 1.807) is 13.2 Å². The van der Waals surface area contributed by atoms with Crippen LogP contribution in [-0.4, -0.2) is 18.5 Å². The Bertz CT molecular complexity index is 1030. The molecule has 1 aliphatic carbocycles. The van der Waals surface area contributed by atoms with Crippen molar-refractivity contribution in [2.24, 2.45) is 0 Å². The van der Waals surface area contributed by atoms with Crippen molar-refractivity contribution in [3.05, 3.63) is 51.6 Å². The highest BCUT2D eigenvalue weighted by molar-refractivity contribution is 7.17. The molecule has 1 aliphatic rings. The Morgan fingerprint density at radius 1 is 1.30 bits per heavy atom. The summed E-state index contributed by atoms with van der Waals surface area (Å²) in [5, 5.41) is 4.49. The highest BCUT2D eigenvalue weighted by atomic mass is 32.1. The monoisotopic (exact) mass is 383 g/mol. The smallest absolute Gasteiger partial charge is 0.341 e. The van der Waals surface area contributed by atoms with Crippen molar-refractivity contribution in [2.75, 3.05) is 11.9 Å². The molecule has 0 radical (unpaired) electrons. The van der Waals surface area contributed by atoms with Gasteiger partial charge in [0, 0.05) is 15.8 Å². The maximum Gasteiger partial charge on any atom is 0.341 e. The van der Waals surface area contributed by atoms with Crippen LogP contribution in [0.1, 0.15) is 45.3 Å². The van der Waals surface area contributed by atoms with E-state index in [9.17, 15) is 9.59 Å². The SMILES string of the molecule is CCOC(=O)c1c(NC(=O)Cc2coc3ccc(C)cc23)sc2c1CCC2. The van der Waals surface area contributed by atoms with E-state index in [0.29, 0.717) is 17.2 Å². The average Bonchev–Trinajstić information content (AvgIpc) is 3.30. The van der Waals surface area contributed by atoms with Crippen molar-refractivity contribution in [1.29, 1.82) is 0 Å². The lowest BCUT2D eigenvalue weighted by Gasteiger charge is -2.08. The first-order chi connectivity index (χ1) is 13.1. The van der Waals surface area contributed by atoms with Crippen LogP contribution in [0.4, 0.5) is 5.00 Å². The minimum atomic E-state index is -0.350. The molecule has 1 aromatic carbocycles. The van der Waals surface area contributed by atoms with E-state index < -0.39 is 0 Å². The maximum atomic E-state index is 12.7. The number of hydrogen-bond donors (Lipinski definition) is 1. The molecule has 0 saturated heterocycles. The summed E-state index contributed by atoms with van der Waals surface area (Å²) >= 11 is 1.49. The second-order valence-corrected chi connectivity index (χ2v) is 7.87. The van der Waals surface area contributed by atoms with Gasteiger partial charge < -0.3 is 14.5 Å². The molecule has 5 nitrogen and oxygen atoms in total. The van der Waals surface area contributed by atoms with E-state index in [1.165, 1.54) is 16.2 Å². The molecule has 6 heteroatoms. The van der Waals surface area contributed by atoms with Crippen LogP contribution in [0.3, 0.4) is 0 Å². The van der Waals surface area contributed by atoms with E-state index in [-0.39, 0.29) is 18.3 Å². The van der Waals surface area contributed by atoms with Gasteiger partial charge >= 0.3 is 5.97 Å². The summed E-state index contributed by atoms with van der Waals surface area (Å²) in [4.78, 5) is 26.3. The Labute approximate surface area is 161 Å². The van der Waals surface area contributed by atoms with Crippen molar-refractivity contribution in [2.45, 2.75) is 39.5 Å². The topological polar surface area (TPSA) is 68.5 Å². The summed E-state index contributed by atoms with van der Waals surface area (Å²) in [5.41, 5.74) is 4.30. The standard InChI is InChI=1S/C21H21NO4S/c1-3-25-21(24)19-14-5-4-6-17(14)27-20(19)22-18(23)10-13-11-26-16-8-7-12(2)9-15(13)16/h7-9,11H,3-6,10H2,1-2H3,(H,22,23). The van der Waals surface area contributed by atoms with Gasteiger partial charge in [-0.05, 0) is 50.8 Å². The summed E-state index contributed by atoms with van der Waals surface area (Å²) in [6.07, 6.45) is 4.68. The number of esters is 1. The van der Waals surface area contributed by atoms with Gasteiger partial charge in [0.25, 0.3) is 0 Å². The first kappa shape index (κ1) is 17.8. The van der Waals surface area contributed by atoms with Crippen molar-refractivity contribution < 1.29 is 18.7 Å². The number of carbonyl (C=O) groups is 2. The second kappa shape index (κ2) is 7.19. The normalized spacial score (nSPS) is 13.0. The van der Waals surface area contributed by atoms with Crippen LogP contribution in [-0.2, 0) is 28.8 Å². The summed E-state index contributed by atoms with van der Waals surface area (Å²) in [6, 6.07) is 5.91. The third kappa shape index (κ3) is 3.37. The number of anilines is 1. The number of rotatable bonds is 5. The molecule has 0 atom stereocenters. The number of thiophene rings is 1. The zero-order valence-electron chi connectivity index (χ0n) is 15.4. The zero-order chi connectivity index (χ0) is 19.0. The Kier molecular flexibility index (Phi) is 4.74. The summed E-state index contributed by atoms with van der Waals surface area (Å²) < 4.78 is 10.8. The van der Waals surface area contributed by atoms with Crippen LogP contribution in [0.15, 0.2) is 28.9 Å². The molecule has 2 heterocycles. The molecular weight excluding hydrogens is 362 g/mol. The van der Waals surface area contributed by atoms with Gasteiger partial charge in [-0.25, -0.2) is 4.79 Å². The molecule has 0 saturated carbocycles. The number of fused-ring (bicyclic) bond motifs is 2. The lowest BCUT2D eigenvalue weighted by Crippen LogP contribution is -2.16. The zero-order valence-corrected chi connectivity index (χ0v) is 16.2. The summed E-state index contributed by atoms with van der Waals surface area (Å²) in [5.74, 6) is -0.513. The molecule has 0 aliphatic heterocycles. The average molecular weight is 383 g/mol. The Morgan fingerprint density at radius 2 is 2.15 bits per heavy atom. The second-order valence-electron chi connectivity index (χ2n) is 6.77. The quantitative estimate of drug-likeness (QED) is 0.651. The molecule has 0 spiro atoms. The fourth-order valence-electron chi connectivity index (χ4n) is 3.59. The molecule has 140 valence electrons. The largest absolute Gasteiger partial charge is 0.464 e. The van der Waals surface area contributed by atoms with Gasteiger partial charge in [0.05, 0.1) is 24.9 Å². The lowest BCUT2D eigenvalue weighted by atomic mass is 10.1. The number of nitrogens with one attached hydrogen (secondary N) is 1. The number of carbonyl (C=O) groups excluding carboxylic acids is 2. The predicted molar refractivity (Wildman–Crippen MR) is 106 cm³/mol. The first-order valence-corrected chi connectivity index (χ1v) is 9.96. The molecule has 0 unspecified atom stereocenters. The van der Waals surface area contributed by atoms with Crippen molar-refractivity contribution >= 4 is 39.2 Å². The van der Waals surface area contributed by atoms with E-state index in [2.05, 4.69) is 5.32 Å². The fourth-order valence-corrected chi connectivity index (χ4v) is 4.88. The van der Waals surface area contributed by atoms with Crippen LogP contribution < -0.4 is 5.32 Å². The molecule has 1 N–H and O–H groups in total. The van der Waals surface area contributed by atoms with E-state index in [0.717, 1.165) is 46.9 Å². The van der Waals surface area contributed by atoms with Crippen LogP contribution >= 0.6 is 11.3 Å². The van der Waals surface area contributed by atoms with Gasteiger partial charge in [-0.15, -0.1) is 11.3 Å². The first-order valence-electron chi connectivity index (χ1n) is 9.15. The van der Waals surface area contributed by atoms with Gasteiger partial charge in [0.2, 0.25) is 5.91 Å². The van der Waals surface area contributed by atoms with E-state index >= 15 is 0 Å². The minimum absolute atomic E-state index is 0.162. The van der Waals surface area contributed by atoms with E-state index in [4.69, 9.17) is 9.15 Å². The highest BCUT2D eigenvalue weighted by Gasteiger charge is 2.28. The third-order valence-corrected chi connectivity index (χ3v) is 6.02. The lowest BCUT2D eigenvalue weighted by molar-refractivity contribution is -0.115. The van der Waals surface area contributed by atoms with Crippen LogP contribution in [0, 0.1) is 6.92 Å². The fraction of sp³-hybridized carbons (Fsp3) is 0.333. The molecule has 2 aromatic heterocycles. The number of furan rings is 1. The van der Waals surface area contributed by atoms with Crippen molar-refractivity contribution in [3.8, 4) is 0 Å². The van der Waals surface area contributed by atoms with Gasteiger partial charge in [-0.3, -0.25) is 4.79 Å².